The Morgan fingerprint density at radius 1 is 1.44 bits per heavy atom. The van der Waals surface area contributed by atoms with Gasteiger partial charge in [0.15, 0.2) is 5.82 Å². The molecule has 18 heavy (non-hydrogen) atoms. The van der Waals surface area contributed by atoms with Gasteiger partial charge in [-0.3, -0.25) is 0 Å². The Labute approximate surface area is 113 Å². The molecule has 0 amide bonds. The molecule has 0 bridgehead atoms. The molecule has 1 heterocycles. The molecule has 2 rings (SSSR count). The number of benzene rings is 1. The van der Waals surface area contributed by atoms with E-state index in [4.69, 9.17) is 15.0 Å². The van der Waals surface area contributed by atoms with E-state index in [1.807, 2.05) is 18.2 Å². The van der Waals surface area contributed by atoms with Gasteiger partial charge in [-0.25, -0.2) is 0 Å². The standard InChI is InChI=1S/C12H14BrN3O2/c1-17-8-4-5-10(13)9(7-8)12-15-11(16-18-12)3-2-6-14/h4-5,7H,2-3,6,14H2,1H3. The monoisotopic (exact) mass is 311 g/mol. The highest BCUT2D eigenvalue weighted by Crippen LogP contribution is 2.30. The highest BCUT2D eigenvalue weighted by atomic mass is 79.9. The molecule has 0 spiro atoms. The Morgan fingerprint density at radius 3 is 3.00 bits per heavy atom. The van der Waals surface area contributed by atoms with Crippen molar-refractivity contribution in [3.63, 3.8) is 0 Å². The van der Waals surface area contributed by atoms with E-state index in [1.54, 1.807) is 7.11 Å². The van der Waals surface area contributed by atoms with Crippen LogP contribution in [-0.4, -0.2) is 23.8 Å². The van der Waals surface area contributed by atoms with Crippen molar-refractivity contribution >= 4 is 15.9 Å². The highest BCUT2D eigenvalue weighted by Gasteiger charge is 2.12. The lowest BCUT2D eigenvalue weighted by Gasteiger charge is -2.02. The maximum Gasteiger partial charge on any atom is 0.259 e. The van der Waals surface area contributed by atoms with Crippen molar-refractivity contribution in [3.05, 3.63) is 28.5 Å². The first-order valence-corrected chi connectivity index (χ1v) is 6.40. The zero-order valence-electron chi connectivity index (χ0n) is 10.0. The van der Waals surface area contributed by atoms with Crippen LogP contribution in [0.4, 0.5) is 0 Å². The second-order valence-electron chi connectivity index (χ2n) is 3.75. The zero-order valence-corrected chi connectivity index (χ0v) is 11.6. The molecule has 0 unspecified atom stereocenters. The second kappa shape index (κ2) is 5.97. The van der Waals surface area contributed by atoms with Gasteiger partial charge in [0.2, 0.25) is 0 Å². The van der Waals surface area contributed by atoms with E-state index in [1.165, 1.54) is 0 Å². The molecule has 0 fully saturated rings. The minimum absolute atomic E-state index is 0.479. The summed E-state index contributed by atoms with van der Waals surface area (Å²) in [6.45, 7) is 0.618. The summed E-state index contributed by atoms with van der Waals surface area (Å²) in [7, 11) is 1.62. The van der Waals surface area contributed by atoms with Crippen LogP contribution in [0.5, 0.6) is 5.75 Å². The van der Waals surface area contributed by atoms with E-state index < -0.39 is 0 Å². The number of hydrogen-bond acceptors (Lipinski definition) is 5. The summed E-state index contributed by atoms with van der Waals surface area (Å²) in [5.74, 6) is 1.90. The van der Waals surface area contributed by atoms with Crippen molar-refractivity contribution in [1.29, 1.82) is 0 Å². The highest BCUT2D eigenvalue weighted by molar-refractivity contribution is 9.10. The average molecular weight is 312 g/mol. The Hall–Kier alpha value is -1.40. The number of nitrogens with zero attached hydrogens (tertiary/aromatic N) is 2. The molecule has 0 aliphatic rings. The number of hydrogen-bond donors (Lipinski definition) is 1. The van der Waals surface area contributed by atoms with Gasteiger partial charge in [0.1, 0.15) is 5.75 Å². The van der Waals surface area contributed by atoms with Gasteiger partial charge in [-0.15, -0.1) is 0 Å². The predicted octanol–water partition coefficient (Wildman–Crippen LogP) is 2.40. The van der Waals surface area contributed by atoms with Gasteiger partial charge in [0, 0.05) is 10.9 Å². The molecule has 0 atom stereocenters. The molecule has 0 aliphatic carbocycles. The molecule has 0 saturated carbocycles. The van der Waals surface area contributed by atoms with E-state index in [2.05, 4.69) is 26.1 Å². The number of rotatable bonds is 5. The summed E-state index contributed by atoms with van der Waals surface area (Å²) in [5.41, 5.74) is 6.27. The summed E-state index contributed by atoms with van der Waals surface area (Å²) in [6.07, 6.45) is 1.57. The maximum absolute atomic E-state index is 5.45. The molecule has 0 aliphatic heterocycles. The molecule has 2 aromatic rings. The minimum Gasteiger partial charge on any atom is -0.497 e. The number of aromatic nitrogens is 2. The number of halogens is 1. The Kier molecular flexibility index (Phi) is 4.33. The molecule has 2 N–H and O–H groups in total. The largest absolute Gasteiger partial charge is 0.497 e. The fourth-order valence-corrected chi connectivity index (χ4v) is 1.94. The van der Waals surface area contributed by atoms with Crippen LogP contribution in [0.1, 0.15) is 12.2 Å². The van der Waals surface area contributed by atoms with Gasteiger partial charge in [-0.1, -0.05) is 5.16 Å². The normalized spacial score (nSPS) is 10.6. The first-order chi connectivity index (χ1) is 8.74. The number of aryl methyl sites for hydroxylation is 1. The van der Waals surface area contributed by atoms with Gasteiger partial charge in [-0.2, -0.15) is 4.98 Å². The molecule has 6 heteroatoms. The molecule has 96 valence electrons. The fraction of sp³-hybridized carbons (Fsp3) is 0.333. The smallest absolute Gasteiger partial charge is 0.259 e. The lowest BCUT2D eigenvalue weighted by molar-refractivity contribution is 0.411. The molecule has 5 nitrogen and oxygen atoms in total. The Morgan fingerprint density at radius 2 is 2.28 bits per heavy atom. The third-order valence-electron chi connectivity index (χ3n) is 2.48. The SMILES string of the molecule is COc1ccc(Br)c(-c2nc(CCCN)no2)c1. The number of ether oxygens (including phenoxy) is 1. The summed E-state index contributed by atoms with van der Waals surface area (Å²) < 4.78 is 11.3. The maximum atomic E-state index is 5.45. The van der Waals surface area contributed by atoms with Crippen LogP contribution in [0.3, 0.4) is 0 Å². The van der Waals surface area contributed by atoms with Crippen LogP contribution >= 0.6 is 15.9 Å². The molecule has 0 radical (unpaired) electrons. The molecule has 0 saturated heterocycles. The van der Waals surface area contributed by atoms with Crippen LogP contribution in [0, 0.1) is 0 Å². The topological polar surface area (TPSA) is 74.2 Å². The van der Waals surface area contributed by atoms with E-state index in [9.17, 15) is 0 Å². The van der Waals surface area contributed by atoms with Crippen molar-refractivity contribution in [1.82, 2.24) is 10.1 Å². The summed E-state index contributed by atoms with van der Waals surface area (Å²) >= 11 is 3.45. The number of nitrogens with two attached hydrogens (primary N) is 1. The predicted molar refractivity (Wildman–Crippen MR) is 71.4 cm³/mol. The van der Waals surface area contributed by atoms with Crippen LogP contribution in [0.2, 0.25) is 0 Å². The summed E-state index contributed by atoms with van der Waals surface area (Å²) in [5, 5.41) is 3.92. The van der Waals surface area contributed by atoms with Gasteiger partial charge in [0.25, 0.3) is 5.89 Å². The second-order valence-corrected chi connectivity index (χ2v) is 4.61. The lowest BCUT2D eigenvalue weighted by atomic mass is 10.2. The van der Waals surface area contributed by atoms with Gasteiger partial charge in [0.05, 0.1) is 12.7 Å². The van der Waals surface area contributed by atoms with Gasteiger partial charge in [-0.05, 0) is 47.1 Å². The van der Waals surface area contributed by atoms with Gasteiger partial charge >= 0.3 is 0 Å². The lowest BCUT2D eigenvalue weighted by Crippen LogP contribution is -2.01. The summed E-state index contributed by atoms with van der Waals surface area (Å²) in [6, 6.07) is 5.60. The Bertz CT molecular complexity index is 528. The Balaban J connectivity index is 2.27. The fourth-order valence-electron chi connectivity index (χ4n) is 1.52. The molecule has 1 aromatic heterocycles. The van der Waals surface area contributed by atoms with Crippen molar-refractivity contribution in [2.45, 2.75) is 12.8 Å². The van der Waals surface area contributed by atoms with Crippen LogP contribution in [0.15, 0.2) is 27.2 Å². The zero-order chi connectivity index (χ0) is 13.0. The first kappa shape index (κ1) is 13.0. The minimum atomic E-state index is 0.479. The molecular weight excluding hydrogens is 298 g/mol. The van der Waals surface area contributed by atoms with E-state index in [0.29, 0.717) is 18.3 Å². The number of methoxy groups -OCH3 is 1. The third-order valence-corrected chi connectivity index (χ3v) is 3.17. The van der Waals surface area contributed by atoms with Crippen molar-refractivity contribution in [3.8, 4) is 17.2 Å². The van der Waals surface area contributed by atoms with Crippen LogP contribution in [-0.2, 0) is 6.42 Å². The van der Waals surface area contributed by atoms with Crippen molar-refractivity contribution in [2.24, 2.45) is 5.73 Å². The van der Waals surface area contributed by atoms with Gasteiger partial charge < -0.3 is 15.0 Å². The van der Waals surface area contributed by atoms with E-state index in [0.717, 1.165) is 28.6 Å². The quantitative estimate of drug-likeness (QED) is 0.917. The van der Waals surface area contributed by atoms with Crippen molar-refractivity contribution in [2.75, 3.05) is 13.7 Å². The molecule has 1 aromatic carbocycles. The average Bonchev–Trinajstić information content (AvgIpc) is 2.85. The van der Waals surface area contributed by atoms with Crippen LogP contribution in [0.25, 0.3) is 11.5 Å². The first-order valence-electron chi connectivity index (χ1n) is 5.61. The summed E-state index contributed by atoms with van der Waals surface area (Å²) in [4.78, 5) is 4.34. The third kappa shape index (κ3) is 2.88. The van der Waals surface area contributed by atoms with E-state index in [-0.39, 0.29) is 0 Å². The van der Waals surface area contributed by atoms with Crippen LogP contribution < -0.4 is 10.5 Å². The van der Waals surface area contributed by atoms with E-state index >= 15 is 0 Å². The van der Waals surface area contributed by atoms with Crippen molar-refractivity contribution < 1.29 is 9.26 Å². The molecular formula is C12H14BrN3O2.